The molecule has 0 fully saturated rings. The van der Waals surface area contributed by atoms with Gasteiger partial charge in [-0.05, 0) is 19.1 Å². The van der Waals surface area contributed by atoms with Crippen molar-refractivity contribution >= 4 is 15.5 Å². The van der Waals surface area contributed by atoms with E-state index in [-0.39, 0.29) is 4.90 Å². The molecule has 0 saturated heterocycles. The maximum Gasteiger partial charge on any atom is 0.175 e. The third-order valence-electron chi connectivity index (χ3n) is 1.64. The molecule has 4 nitrogen and oxygen atoms in total. The van der Waals surface area contributed by atoms with Crippen molar-refractivity contribution in [3.63, 3.8) is 0 Å². The Morgan fingerprint density at radius 3 is 2.50 bits per heavy atom. The van der Waals surface area contributed by atoms with Gasteiger partial charge in [-0.1, -0.05) is 0 Å². The zero-order valence-corrected chi connectivity index (χ0v) is 8.97. The van der Waals surface area contributed by atoms with Gasteiger partial charge in [-0.25, -0.2) is 8.42 Å². The van der Waals surface area contributed by atoms with Gasteiger partial charge in [-0.3, -0.25) is 0 Å². The van der Waals surface area contributed by atoms with Crippen LogP contribution in [0.25, 0.3) is 0 Å². The van der Waals surface area contributed by atoms with Crippen LogP contribution in [-0.2, 0) is 9.84 Å². The van der Waals surface area contributed by atoms with Gasteiger partial charge >= 0.3 is 0 Å². The van der Waals surface area contributed by atoms with Crippen LogP contribution in [0.15, 0.2) is 23.1 Å². The quantitative estimate of drug-likeness (QED) is 0.766. The third kappa shape index (κ3) is 2.63. The van der Waals surface area contributed by atoms with Gasteiger partial charge in [0, 0.05) is 18.0 Å². The van der Waals surface area contributed by atoms with Crippen LogP contribution < -0.4 is 10.5 Å². The summed E-state index contributed by atoms with van der Waals surface area (Å²) < 4.78 is 27.6. The third-order valence-corrected chi connectivity index (χ3v) is 2.73. The molecule has 0 aliphatic rings. The van der Waals surface area contributed by atoms with Gasteiger partial charge in [-0.15, -0.1) is 0 Å². The monoisotopic (exact) mass is 215 g/mol. The molecule has 5 heteroatoms. The normalized spacial score (nSPS) is 11.3. The molecule has 0 spiro atoms. The summed E-state index contributed by atoms with van der Waals surface area (Å²) in [5, 5.41) is 0. The van der Waals surface area contributed by atoms with Crippen LogP contribution in [-0.4, -0.2) is 21.3 Å². The van der Waals surface area contributed by atoms with E-state index in [4.69, 9.17) is 10.5 Å². The molecule has 78 valence electrons. The fourth-order valence-electron chi connectivity index (χ4n) is 1.06. The van der Waals surface area contributed by atoms with Crippen molar-refractivity contribution in [2.75, 3.05) is 18.6 Å². The Kier molecular flexibility index (Phi) is 3.00. The van der Waals surface area contributed by atoms with E-state index in [0.717, 1.165) is 6.26 Å². The van der Waals surface area contributed by atoms with Gasteiger partial charge in [0.15, 0.2) is 9.84 Å². The number of hydrogen-bond acceptors (Lipinski definition) is 4. The van der Waals surface area contributed by atoms with Crippen LogP contribution in [0.3, 0.4) is 0 Å². The number of nitrogens with two attached hydrogens (primary N) is 1. The summed E-state index contributed by atoms with van der Waals surface area (Å²) in [6.07, 6.45) is 1.14. The molecule has 14 heavy (non-hydrogen) atoms. The van der Waals surface area contributed by atoms with Crippen LogP contribution in [0.5, 0.6) is 5.75 Å². The second-order valence-electron chi connectivity index (χ2n) is 2.94. The Labute approximate surface area is 83.6 Å². The number of benzene rings is 1. The van der Waals surface area contributed by atoms with Gasteiger partial charge in [0.25, 0.3) is 0 Å². The molecule has 1 aromatic rings. The van der Waals surface area contributed by atoms with E-state index >= 15 is 0 Å². The minimum Gasteiger partial charge on any atom is -0.494 e. The Bertz CT molecular complexity index is 426. The predicted octanol–water partition coefficient (Wildman–Crippen LogP) is 1.07. The average Bonchev–Trinajstić information content (AvgIpc) is 2.02. The lowest BCUT2D eigenvalue weighted by atomic mass is 10.3. The molecule has 0 aliphatic heterocycles. The molecular formula is C9H13NO3S. The summed E-state index contributed by atoms with van der Waals surface area (Å²) in [6, 6.07) is 4.48. The lowest BCUT2D eigenvalue weighted by molar-refractivity contribution is 0.339. The lowest BCUT2D eigenvalue weighted by Gasteiger charge is -2.06. The van der Waals surface area contributed by atoms with Crippen molar-refractivity contribution in [3.8, 4) is 5.75 Å². The van der Waals surface area contributed by atoms with E-state index in [9.17, 15) is 8.42 Å². The maximum atomic E-state index is 11.2. The lowest BCUT2D eigenvalue weighted by Crippen LogP contribution is -2.00. The number of ether oxygens (including phenoxy) is 1. The minimum atomic E-state index is -3.23. The minimum absolute atomic E-state index is 0.181. The SMILES string of the molecule is CCOc1cc(N)cc(S(C)(=O)=O)c1. The summed E-state index contributed by atoms with van der Waals surface area (Å²) >= 11 is 0. The van der Waals surface area contributed by atoms with E-state index in [1.807, 2.05) is 6.92 Å². The van der Waals surface area contributed by atoms with Gasteiger partial charge in [0.1, 0.15) is 5.75 Å². The summed E-state index contributed by atoms with van der Waals surface area (Å²) in [5.74, 6) is 0.480. The van der Waals surface area contributed by atoms with Crippen LogP contribution in [0.2, 0.25) is 0 Å². The van der Waals surface area contributed by atoms with Gasteiger partial charge in [-0.2, -0.15) is 0 Å². The first kappa shape index (κ1) is 10.8. The van der Waals surface area contributed by atoms with E-state index in [1.165, 1.54) is 12.1 Å². The predicted molar refractivity (Wildman–Crippen MR) is 55.1 cm³/mol. The van der Waals surface area contributed by atoms with Crippen LogP contribution in [0.1, 0.15) is 6.92 Å². The number of nitrogen functional groups attached to an aromatic ring is 1. The summed E-state index contributed by atoms with van der Waals surface area (Å²) in [4.78, 5) is 0.181. The number of hydrogen-bond donors (Lipinski definition) is 1. The van der Waals surface area contributed by atoms with Crippen molar-refractivity contribution in [1.29, 1.82) is 0 Å². The number of anilines is 1. The fraction of sp³-hybridized carbons (Fsp3) is 0.333. The molecule has 0 unspecified atom stereocenters. The molecule has 0 bridgehead atoms. The highest BCUT2D eigenvalue weighted by Gasteiger charge is 2.09. The maximum absolute atomic E-state index is 11.2. The molecule has 0 radical (unpaired) electrons. The highest BCUT2D eigenvalue weighted by atomic mass is 32.2. The summed E-state index contributed by atoms with van der Waals surface area (Å²) in [5.41, 5.74) is 5.93. The first-order chi connectivity index (χ1) is 6.43. The van der Waals surface area contributed by atoms with E-state index in [0.29, 0.717) is 18.0 Å². The van der Waals surface area contributed by atoms with Gasteiger partial charge < -0.3 is 10.5 Å². The molecule has 2 N–H and O–H groups in total. The van der Waals surface area contributed by atoms with Gasteiger partial charge in [0.05, 0.1) is 11.5 Å². The Morgan fingerprint density at radius 2 is 2.00 bits per heavy atom. The van der Waals surface area contributed by atoms with Crippen molar-refractivity contribution in [2.24, 2.45) is 0 Å². The highest BCUT2D eigenvalue weighted by molar-refractivity contribution is 7.90. The van der Waals surface area contributed by atoms with Crippen molar-refractivity contribution in [1.82, 2.24) is 0 Å². The number of sulfone groups is 1. The highest BCUT2D eigenvalue weighted by Crippen LogP contribution is 2.22. The Balaban J connectivity index is 3.21. The molecule has 0 aliphatic carbocycles. The zero-order valence-electron chi connectivity index (χ0n) is 8.15. The summed E-state index contributed by atoms with van der Waals surface area (Å²) in [7, 11) is -3.23. The average molecular weight is 215 g/mol. The van der Waals surface area contributed by atoms with Crippen LogP contribution >= 0.6 is 0 Å². The molecule has 0 saturated carbocycles. The molecule has 0 amide bonds. The van der Waals surface area contributed by atoms with Crippen molar-refractivity contribution in [2.45, 2.75) is 11.8 Å². The molecular weight excluding hydrogens is 202 g/mol. The molecule has 0 atom stereocenters. The first-order valence-corrected chi connectivity index (χ1v) is 6.06. The van der Waals surface area contributed by atoms with Crippen molar-refractivity contribution in [3.05, 3.63) is 18.2 Å². The smallest absolute Gasteiger partial charge is 0.175 e. The number of rotatable bonds is 3. The zero-order chi connectivity index (χ0) is 10.8. The van der Waals surface area contributed by atoms with Crippen LogP contribution in [0, 0.1) is 0 Å². The molecule has 1 aromatic carbocycles. The first-order valence-electron chi connectivity index (χ1n) is 4.17. The largest absolute Gasteiger partial charge is 0.494 e. The van der Waals surface area contributed by atoms with Crippen LogP contribution in [0.4, 0.5) is 5.69 Å². The second-order valence-corrected chi connectivity index (χ2v) is 4.96. The van der Waals surface area contributed by atoms with Gasteiger partial charge in [0.2, 0.25) is 0 Å². The second kappa shape index (κ2) is 3.88. The standard InChI is InChI=1S/C9H13NO3S/c1-3-13-8-4-7(10)5-9(6-8)14(2,11)12/h4-6H,3,10H2,1-2H3. The molecule has 0 heterocycles. The Hall–Kier alpha value is -1.23. The van der Waals surface area contributed by atoms with E-state index in [1.54, 1.807) is 6.07 Å². The van der Waals surface area contributed by atoms with Crippen molar-refractivity contribution < 1.29 is 13.2 Å². The molecule has 0 aromatic heterocycles. The van der Waals surface area contributed by atoms with E-state index < -0.39 is 9.84 Å². The molecule has 1 rings (SSSR count). The van der Waals surface area contributed by atoms with E-state index in [2.05, 4.69) is 0 Å². The fourth-order valence-corrected chi connectivity index (χ4v) is 1.74. The summed E-state index contributed by atoms with van der Waals surface area (Å²) in [6.45, 7) is 2.30. The Morgan fingerprint density at radius 1 is 1.36 bits per heavy atom. The topological polar surface area (TPSA) is 69.4 Å².